The van der Waals surface area contributed by atoms with Gasteiger partial charge in [-0.15, -0.1) is 0 Å². The largest absolute Gasteiger partial charge is 0.496 e. The normalized spacial score (nSPS) is 11.3. The first kappa shape index (κ1) is 30.4. The maximum Gasteiger partial charge on any atom is 0.131 e. The first-order valence-electron chi connectivity index (χ1n) is 14.6. The van der Waals surface area contributed by atoms with E-state index >= 15 is 0 Å². The number of aromatic nitrogens is 1. The first-order valence-corrected chi connectivity index (χ1v) is 14.6. The van der Waals surface area contributed by atoms with Gasteiger partial charge in [0.25, 0.3) is 0 Å². The Morgan fingerprint density at radius 1 is 0.366 bits per heavy atom. The van der Waals surface area contributed by atoms with Gasteiger partial charge in [0.1, 0.15) is 11.5 Å². The van der Waals surface area contributed by atoms with E-state index in [0.717, 1.165) is 45.1 Å². The van der Waals surface area contributed by atoms with Gasteiger partial charge in [-0.2, -0.15) is 0 Å². The second kappa shape index (κ2) is 11.0. The van der Waals surface area contributed by atoms with E-state index in [-0.39, 0.29) is 0 Å². The van der Waals surface area contributed by atoms with E-state index in [2.05, 4.69) is 102 Å². The van der Waals surface area contributed by atoms with Crippen LogP contribution in [0.2, 0.25) is 0 Å². The lowest BCUT2D eigenvalue weighted by atomic mass is 9.84. The van der Waals surface area contributed by atoms with Crippen molar-refractivity contribution >= 4 is 0 Å². The minimum absolute atomic E-state index is 0.894. The minimum Gasteiger partial charge on any atom is -0.496 e. The summed E-state index contributed by atoms with van der Waals surface area (Å²) in [5, 5.41) is 0. The molecule has 0 N–H and O–H groups in total. The molecule has 0 aliphatic rings. The standard InChI is InChI=1S/C38H47NO2/c1-18-19(2)25(8)34(26(9)20(18)3)31-16-32(35-27(10)21(4)23(6)29(12)37(35)40-14)39-33(17-31)36-28(11)22(5)24(7)30(13)38(36)41-15/h16-17H,1-15H3. The molecule has 0 bridgehead atoms. The van der Waals surface area contributed by atoms with E-state index in [1.807, 2.05) is 0 Å². The van der Waals surface area contributed by atoms with Crippen LogP contribution in [0.4, 0.5) is 0 Å². The second-order valence-electron chi connectivity index (χ2n) is 11.9. The van der Waals surface area contributed by atoms with E-state index in [1.54, 1.807) is 14.2 Å². The van der Waals surface area contributed by atoms with Crippen molar-refractivity contribution in [2.45, 2.75) is 90.0 Å². The van der Waals surface area contributed by atoms with Crippen molar-refractivity contribution in [1.82, 2.24) is 4.98 Å². The fraction of sp³-hybridized carbons (Fsp3) is 0.395. The third kappa shape index (κ3) is 4.64. The molecule has 4 aromatic rings. The first-order chi connectivity index (χ1) is 19.2. The highest BCUT2D eigenvalue weighted by Crippen LogP contribution is 2.45. The van der Waals surface area contributed by atoms with Crippen LogP contribution in [0.15, 0.2) is 12.1 Å². The Kier molecular flexibility index (Phi) is 8.15. The zero-order valence-electron chi connectivity index (χ0n) is 27.9. The van der Waals surface area contributed by atoms with Crippen LogP contribution in [0.5, 0.6) is 11.5 Å². The molecular weight excluding hydrogens is 502 g/mol. The summed E-state index contributed by atoms with van der Waals surface area (Å²) in [6.45, 7) is 28.6. The molecule has 1 aromatic heterocycles. The maximum atomic E-state index is 6.10. The topological polar surface area (TPSA) is 31.4 Å². The molecule has 3 aromatic carbocycles. The number of methoxy groups -OCH3 is 2. The summed E-state index contributed by atoms with van der Waals surface area (Å²) in [7, 11) is 3.54. The van der Waals surface area contributed by atoms with Gasteiger partial charge in [0.15, 0.2) is 0 Å². The fourth-order valence-corrected chi connectivity index (χ4v) is 6.55. The van der Waals surface area contributed by atoms with Gasteiger partial charge >= 0.3 is 0 Å². The van der Waals surface area contributed by atoms with E-state index in [0.29, 0.717) is 0 Å². The summed E-state index contributed by atoms with van der Waals surface area (Å²) in [6, 6.07) is 4.53. The molecule has 0 amide bonds. The number of hydrogen-bond acceptors (Lipinski definition) is 3. The summed E-state index contributed by atoms with van der Waals surface area (Å²) in [5.74, 6) is 1.79. The van der Waals surface area contributed by atoms with Crippen molar-refractivity contribution in [3.8, 4) is 45.1 Å². The molecule has 0 fully saturated rings. The van der Waals surface area contributed by atoms with Gasteiger partial charge in [0.2, 0.25) is 0 Å². The summed E-state index contributed by atoms with van der Waals surface area (Å²) < 4.78 is 12.2. The number of hydrogen-bond donors (Lipinski definition) is 0. The zero-order valence-corrected chi connectivity index (χ0v) is 27.9. The van der Waals surface area contributed by atoms with Crippen molar-refractivity contribution < 1.29 is 9.47 Å². The number of benzene rings is 3. The predicted molar refractivity (Wildman–Crippen MR) is 175 cm³/mol. The van der Waals surface area contributed by atoms with Gasteiger partial charge in [0.05, 0.1) is 25.6 Å². The van der Waals surface area contributed by atoms with E-state index in [4.69, 9.17) is 14.5 Å². The summed E-state index contributed by atoms with van der Waals surface area (Å²) in [4.78, 5) is 5.42. The number of nitrogens with zero attached hydrogens (tertiary/aromatic N) is 1. The fourth-order valence-electron chi connectivity index (χ4n) is 6.55. The molecule has 1 heterocycles. The molecule has 3 nitrogen and oxygen atoms in total. The van der Waals surface area contributed by atoms with Crippen molar-refractivity contribution in [3.63, 3.8) is 0 Å². The van der Waals surface area contributed by atoms with Gasteiger partial charge in [-0.1, -0.05) is 0 Å². The van der Waals surface area contributed by atoms with Crippen LogP contribution in [0.3, 0.4) is 0 Å². The third-order valence-electron chi connectivity index (χ3n) is 10.3. The molecule has 0 aliphatic heterocycles. The Morgan fingerprint density at radius 3 is 0.951 bits per heavy atom. The molecule has 4 rings (SSSR count). The van der Waals surface area contributed by atoms with Gasteiger partial charge < -0.3 is 9.47 Å². The lowest BCUT2D eigenvalue weighted by Gasteiger charge is -2.24. The van der Waals surface area contributed by atoms with Crippen LogP contribution >= 0.6 is 0 Å². The van der Waals surface area contributed by atoms with E-state index in [1.165, 1.54) is 72.3 Å². The molecule has 0 unspecified atom stereocenters. The van der Waals surface area contributed by atoms with Gasteiger partial charge in [-0.3, -0.25) is 0 Å². The van der Waals surface area contributed by atoms with Crippen LogP contribution in [-0.2, 0) is 0 Å². The monoisotopic (exact) mass is 549 g/mol. The molecule has 0 spiro atoms. The zero-order chi connectivity index (χ0) is 30.7. The van der Waals surface area contributed by atoms with E-state index in [9.17, 15) is 0 Å². The molecule has 0 saturated carbocycles. The number of ether oxygens (including phenoxy) is 2. The third-order valence-corrected chi connectivity index (χ3v) is 10.3. The van der Waals surface area contributed by atoms with Gasteiger partial charge in [-0.05, 0) is 186 Å². The summed E-state index contributed by atoms with van der Waals surface area (Å²) in [6.07, 6.45) is 0. The smallest absolute Gasteiger partial charge is 0.131 e. The van der Waals surface area contributed by atoms with Crippen LogP contribution < -0.4 is 9.47 Å². The summed E-state index contributed by atoms with van der Waals surface area (Å²) in [5.41, 5.74) is 22.9. The van der Waals surface area contributed by atoms with Crippen molar-refractivity contribution in [1.29, 1.82) is 0 Å². The highest BCUT2D eigenvalue weighted by Gasteiger charge is 2.24. The molecule has 0 radical (unpaired) electrons. The summed E-state index contributed by atoms with van der Waals surface area (Å²) >= 11 is 0. The lowest BCUT2D eigenvalue weighted by Crippen LogP contribution is -2.05. The van der Waals surface area contributed by atoms with Crippen LogP contribution in [0.1, 0.15) is 72.3 Å². The molecular formula is C38H47NO2. The Balaban J connectivity index is 2.26. The average Bonchev–Trinajstić information content (AvgIpc) is 2.96. The van der Waals surface area contributed by atoms with Gasteiger partial charge in [0, 0.05) is 11.1 Å². The highest BCUT2D eigenvalue weighted by molar-refractivity contribution is 5.86. The Morgan fingerprint density at radius 2 is 0.634 bits per heavy atom. The average molecular weight is 550 g/mol. The molecule has 41 heavy (non-hydrogen) atoms. The SMILES string of the molecule is COc1c(C)c(C)c(C)c(C)c1-c1cc(-c2c(C)c(C)c(C)c(C)c2C)cc(-c2c(C)c(C)c(C)c(C)c2OC)n1. The molecule has 0 saturated heterocycles. The van der Waals surface area contributed by atoms with Crippen LogP contribution in [0.25, 0.3) is 33.6 Å². The number of pyridine rings is 1. The molecule has 0 atom stereocenters. The minimum atomic E-state index is 0.894. The maximum absolute atomic E-state index is 6.10. The van der Waals surface area contributed by atoms with Crippen LogP contribution in [-0.4, -0.2) is 19.2 Å². The Labute approximate surface area is 248 Å². The molecule has 216 valence electrons. The van der Waals surface area contributed by atoms with Crippen molar-refractivity contribution in [3.05, 3.63) is 84.5 Å². The van der Waals surface area contributed by atoms with Gasteiger partial charge in [-0.25, -0.2) is 4.98 Å². The Bertz CT molecular complexity index is 1600. The second-order valence-corrected chi connectivity index (χ2v) is 11.9. The van der Waals surface area contributed by atoms with Crippen LogP contribution in [0, 0.1) is 90.0 Å². The van der Waals surface area contributed by atoms with Crippen molar-refractivity contribution in [2.75, 3.05) is 14.2 Å². The predicted octanol–water partition coefficient (Wildman–Crippen LogP) is 10.1. The van der Waals surface area contributed by atoms with E-state index < -0.39 is 0 Å². The Hall–Kier alpha value is -3.59. The number of rotatable bonds is 5. The quantitative estimate of drug-likeness (QED) is 0.248. The molecule has 3 heteroatoms. The van der Waals surface area contributed by atoms with Crippen molar-refractivity contribution in [2.24, 2.45) is 0 Å². The highest BCUT2D eigenvalue weighted by atomic mass is 16.5. The molecule has 0 aliphatic carbocycles. The lowest BCUT2D eigenvalue weighted by molar-refractivity contribution is 0.412.